The number of esters is 1. The quantitative estimate of drug-likeness (QED) is 0.731. The molecule has 1 aliphatic heterocycles. The molecular formula is C23H25N3O3. The lowest BCUT2D eigenvalue weighted by Crippen LogP contribution is -2.35. The van der Waals surface area contributed by atoms with Crippen molar-refractivity contribution in [2.45, 2.75) is 32.6 Å². The van der Waals surface area contributed by atoms with E-state index in [2.05, 4.69) is 11.4 Å². The van der Waals surface area contributed by atoms with E-state index in [0.29, 0.717) is 25.0 Å². The third-order valence-electron chi connectivity index (χ3n) is 4.95. The molecule has 29 heavy (non-hydrogen) atoms. The van der Waals surface area contributed by atoms with Gasteiger partial charge in [-0.15, -0.1) is 0 Å². The van der Waals surface area contributed by atoms with E-state index in [9.17, 15) is 9.59 Å². The van der Waals surface area contributed by atoms with Crippen LogP contribution in [0.3, 0.4) is 0 Å². The van der Waals surface area contributed by atoms with E-state index in [1.54, 1.807) is 19.1 Å². The van der Waals surface area contributed by atoms with Gasteiger partial charge in [0.1, 0.15) is 6.54 Å². The van der Waals surface area contributed by atoms with E-state index in [4.69, 9.17) is 10.00 Å². The number of anilines is 2. The molecule has 6 nitrogen and oxygen atoms in total. The third kappa shape index (κ3) is 5.35. The van der Waals surface area contributed by atoms with Gasteiger partial charge in [0.15, 0.2) is 0 Å². The first-order valence-electron chi connectivity index (χ1n) is 9.92. The van der Waals surface area contributed by atoms with Crippen molar-refractivity contribution in [3.8, 4) is 6.07 Å². The smallest absolute Gasteiger partial charge is 0.325 e. The summed E-state index contributed by atoms with van der Waals surface area (Å²) in [6, 6.07) is 15.3. The Balaban J connectivity index is 1.62. The summed E-state index contributed by atoms with van der Waals surface area (Å²) in [7, 11) is 0. The highest BCUT2D eigenvalue weighted by Crippen LogP contribution is 2.30. The fourth-order valence-corrected chi connectivity index (χ4v) is 3.48. The lowest BCUT2D eigenvalue weighted by Gasteiger charge is -2.30. The second-order valence-electron chi connectivity index (χ2n) is 6.96. The largest absolute Gasteiger partial charge is 0.465 e. The van der Waals surface area contributed by atoms with Crippen LogP contribution >= 0.6 is 0 Å². The van der Waals surface area contributed by atoms with Gasteiger partial charge in [-0.2, -0.15) is 5.26 Å². The molecule has 0 radical (unpaired) electrons. The number of nitrogens with one attached hydrogen (secondary N) is 1. The van der Waals surface area contributed by atoms with Gasteiger partial charge in [-0.3, -0.25) is 9.59 Å². The van der Waals surface area contributed by atoms with E-state index in [1.165, 1.54) is 0 Å². The second kappa shape index (κ2) is 9.74. The van der Waals surface area contributed by atoms with Crippen LogP contribution in [0.5, 0.6) is 0 Å². The topological polar surface area (TPSA) is 82.4 Å². The average molecular weight is 391 g/mol. The van der Waals surface area contributed by atoms with Crippen molar-refractivity contribution in [2.24, 2.45) is 0 Å². The highest BCUT2D eigenvalue weighted by Gasteiger charge is 2.22. The normalized spacial score (nSPS) is 12.6. The van der Waals surface area contributed by atoms with E-state index in [-0.39, 0.29) is 18.4 Å². The molecule has 0 bridgehead atoms. The fourth-order valence-electron chi connectivity index (χ4n) is 3.48. The van der Waals surface area contributed by atoms with Crippen LogP contribution in [-0.4, -0.2) is 31.6 Å². The maximum Gasteiger partial charge on any atom is 0.325 e. The van der Waals surface area contributed by atoms with Crippen LogP contribution in [0.25, 0.3) is 0 Å². The summed E-state index contributed by atoms with van der Waals surface area (Å²) in [6.45, 7) is 2.99. The Morgan fingerprint density at radius 1 is 1.21 bits per heavy atom. The second-order valence-corrected chi connectivity index (χ2v) is 6.96. The third-order valence-corrected chi connectivity index (χ3v) is 4.95. The molecule has 1 N–H and O–H groups in total. The minimum Gasteiger partial charge on any atom is -0.465 e. The average Bonchev–Trinajstić information content (AvgIpc) is 2.76. The maximum atomic E-state index is 12.8. The standard InChI is InChI=1S/C23H25N3O3/c1-2-29-23(28)16-25-20-10-11-21-19(14-20)4-3-13-26(21)22(27)12-9-17-5-7-18(15-24)8-6-17/h5-8,10-11,14,25H,2-4,9,12-13,16H2,1H3. The van der Waals surface area contributed by atoms with E-state index < -0.39 is 0 Å². The highest BCUT2D eigenvalue weighted by molar-refractivity contribution is 5.95. The van der Waals surface area contributed by atoms with Gasteiger partial charge in [0.25, 0.3) is 0 Å². The molecule has 2 aromatic carbocycles. The van der Waals surface area contributed by atoms with Crippen LogP contribution < -0.4 is 10.2 Å². The molecule has 1 amide bonds. The number of carbonyl (C=O) groups excluding carboxylic acids is 2. The molecule has 1 aliphatic rings. The Morgan fingerprint density at radius 2 is 2.00 bits per heavy atom. The summed E-state index contributed by atoms with van der Waals surface area (Å²) in [4.78, 5) is 26.2. The van der Waals surface area contributed by atoms with Crippen LogP contribution in [-0.2, 0) is 27.2 Å². The zero-order valence-electron chi connectivity index (χ0n) is 16.6. The Labute approximate surface area is 171 Å². The van der Waals surface area contributed by atoms with Crippen LogP contribution in [0.2, 0.25) is 0 Å². The van der Waals surface area contributed by atoms with E-state index in [1.807, 2.05) is 35.2 Å². The summed E-state index contributed by atoms with van der Waals surface area (Å²) < 4.78 is 4.93. The lowest BCUT2D eigenvalue weighted by molar-refractivity contribution is -0.140. The van der Waals surface area contributed by atoms with Crippen molar-refractivity contribution in [2.75, 3.05) is 29.9 Å². The number of nitrogens with zero attached hydrogens (tertiary/aromatic N) is 2. The zero-order valence-corrected chi connectivity index (χ0v) is 16.6. The van der Waals surface area contributed by atoms with Gasteiger partial charge in [0.05, 0.1) is 18.2 Å². The van der Waals surface area contributed by atoms with Crippen molar-refractivity contribution < 1.29 is 14.3 Å². The number of nitriles is 1. The van der Waals surface area contributed by atoms with Crippen molar-refractivity contribution in [3.63, 3.8) is 0 Å². The molecule has 0 spiro atoms. The minimum atomic E-state index is -0.287. The van der Waals surface area contributed by atoms with Gasteiger partial charge >= 0.3 is 5.97 Å². The first-order valence-corrected chi connectivity index (χ1v) is 9.92. The van der Waals surface area contributed by atoms with Crippen molar-refractivity contribution >= 4 is 23.3 Å². The first-order chi connectivity index (χ1) is 14.1. The molecule has 0 aromatic heterocycles. The number of aryl methyl sites for hydroxylation is 2. The van der Waals surface area contributed by atoms with Crippen molar-refractivity contribution in [1.82, 2.24) is 0 Å². The first kappa shape index (κ1) is 20.4. The molecule has 1 heterocycles. The number of rotatable bonds is 7. The van der Waals surface area contributed by atoms with Gasteiger partial charge in [-0.05, 0) is 67.6 Å². The lowest BCUT2D eigenvalue weighted by atomic mass is 10.00. The summed E-state index contributed by atoms with van der Waals surface area (Å²) in [5, 5.41) is 12.0. The molecular weight excluding hydrogens is 366 g/mol. The molecule has 6 heteroatoms. The maximum absolute atomic E-state index is 12.8. The van der Waals surface area contributed by atoms with Crippen molar-refractivity contribution in [3.05, 3.63) is 59.2 Å². The molecule has 0 fully saturated rings. The van der Waals surface area contributed by atoms with Gasteiger partial charge in [-0.1, -0.05) is 12.1 Å². The molecule has 150 valence electrons. The summed E-state index contributed by atoms with van der Waals surface area (Å²) >= 11 is 0. The monoisotopic (exact) mass is 391 g/mol. The Kier molecular flexibility index (Phi) is 6.85. The van der Waals surface area contributed by atoms with Crippen LogP contribution in [0.15, 0.2) is 42.5 Å². The molecule has 2 aromatic rings. The number of hydrogen-bond donors (Lipinski definition) is 1. The number of fused-ring (bicyclic) bond motifs is 1. The minimum absolute atomic E-state index is 0.0996. The molecule has 0 saturated heterocycles. The number of benzene rings is 2. The summed E-state index contributed by atoms with van der Waals surface area (Å²) in [5.74, 6) is -0.188. The summed E-state index contributed by atoms with van der Waals surface area (Å²) in [6.07, 6.45) is 2.89. The van der Waals surface area contributed by atoms with E-state index >= 15 is 0 Å². The van der Waals surface area contributed by atoms with E-state index in [0.717, 1.165) is 41.9 Å². The zero-order chi connectivity index (χ0) is 20.6. The van der Waals surface area contributed by atoms with Crippen molar-refractivity contribution in [1.29, 1.82) is 5.26 Å². The Hall–Kier alpha value is -3.33. The van der Waals surface area contributed by atoms with Crippen LogP contribution in [0.1, 0.15) is 36.5 Å². The predicted molar refractivity (Wildman–Crippen MR) is 112 cm³/mol. The molecule has 0 atom stereocenters. The fraction of sp³-hybridized carbons (Fsp3) is 0.348. The number of carbonyl (C=O) groups is 2. The van der Waals surface area contributed by atoms with Gasteiger partial charge in [-0.25, -0.2) is 0 Å². The van der Waals surface area contributed by atoms with Gasteiger partial charge < -0.3 is 15.0 Å². The van der Waals surface area contributed by atoms with Crippen LogP contribution in [0, 0.1) is 11.3 Å². The van der Waals surface area contributed by atoms with Gasteiger partial charge in [0.2, 0.25) is 5.91 Å². The molecule has 0 unspecified atom stereocenters. The molecule has 3 rings (SSSR count). The predicted octanol–water partition coefficient (Wildman–Crippen LogP) is 3.45. The number of amides is 1. The van der Waals surface area contributed by atoms with Gasteiger partial charge in [0, 0.05) is 24.3 Å². The Morgan fingerprint density at radius 3 is 2.72 bits per heavy atom. The highest BCUT2D eigenvalue weighted by atomic mass is 16.5. The number of ether oxygens (including phenoxy) is 1. The molecule has 0 aliphatic carbocycles. The molecule has 0 saturated carbocycles. The SMILES string of the molecule is CCOC(=O)CNc1ccc2c(c1)CCCN2C(=O)CCc1ccc(C#N)cc1. The van der Waals surface area contributed by atoms with Crippen LogP contribution in [0.4, 0.5) is 11.4 Å². The summed E-state index contributed by atoms with van der Waals surface area (Å²) in [5.41, 5.74) is 4.58. The number of hydrogen-bond acceptors (Lipinski definition) is 5. The Bertz CT molecular complexity index is 916.